The molecule has 2 atom stereocenters. The Morgan fingerprint density at radius 1 is 1.47 bits per heavy atom. The van der Waals surface area contributed by atoms with Gasteiger partial charge >= 0.3 is 0 Å². The molecule has 2 heterocycles. The Kier molecular flexibility index (Phi) is 2.89. The first-order chi connectivity index (χ1) is 7.18. The maximum atomic E-state index is 13.0. The number of halogens is 1. The van der Waals surface area contributed by atoms with Gasteiger partial charge in [-0.15, -0.1) is 0 Å². The van der Waals surface area contributed by atoms with Gasteiger partial charge in [-0.2, -0.15) is 4.39 Å². The first kappa shape index (κ1) is 10.4. The van der Waals surface area contributed by atoms with Crippen LogP contribution in [0.4, 0.5) is 10.1 Å². The number of nitrogens with zero attached hydrogens (tertiary/aromatic N) is 2. The summed E-state index contributed by atoms with van der Waals surface area (Å²) in [6.07, 6.45) is 4.00. The van der Waals surface area contributed by atoms with E-state index in [1.54, 1.807) is 0 Å². The van der Waals surface area contributed by atoms with Crippen LogP contribution in [-0.2, 0) is 0 Å². The van der Waals surface area contributed by atoms with Crippen molar-refractivity contribution in [2.24, 2.45) is 5.92 Å². The second kappa shape index (κ2) is 4.17. The van der Waals surface area contributed by atoms with Crippen molar-refractivity contribution in [1.29, 1.82) is 0 Å². The first-order valence-corrected chi connectivity index (χ1v) is 5.56. The van der Waals surface area contributed by atoms with Crippen LogP contribution in [-0.4, -0.2) is 17.6 Å². The molecular formula is C12H17FN2. The largest absolute Gasteiger partial charge is 0.368 e. The summed E-state index contributed by atoms with van der Waals surface area (Å²) in [5.41, 5.74) is 0.960. The molecule has 0 N–H and O–H groups in total. The first-order valence-electron chi connectivity index (χ1n) is 5.56. The Bertz CT molecular complexity index is 340. The molecule has 82 valence electrons. The Labute approximate surface area is 90.1 Å². The zero-order valence-corrected chi connectivity index (χ0v) is 9.28. The van der Waals surface area contributed by atoms with Gasteiger partial charge in [-0.05, 0) is 31.7 Å². The van der Waals surface area contributed by atoms with Gasteiger partial charge in [0.25, 0.3) is 0 Å². The van der Waals surface area contributed by atoms with E-state index in [1.807, 2.05) is 6.07 Å². The van der Waals surface area contributed by atoms with Gasteiger partial charge < -0.3 is 4.90 Å². The molecule has 2 rings (SSSR count). The minimum atomic E-state index is -0.391. The van der Waals surface area contributed by atoms with Crippen LogP contribution in [0.2, 0.25) is 0 Å². The summed E-state index contributed by atoms with van der Waals surface area (Å²) in [6.45, 7) is 5.49. The Balaban J connectivity index is 2.22. The Hall–Kier alpha value is -1.12. The SMILES string of the molecule is CC1CCCN(c2ccnc(F)c2)C1C. The van der Waals surface area contributed by atoms with Crippen molar-refractivity contribution in [3.8, 4) is 0 Å². The molecule has 0 amide bonds. The molecule has 0 radical (unpaired) electrons. The Morgan fingerprint density at radius 3 is 3.00 bits per heavy atom. The molecule has 3 heteroatoms. The molecule has 1 fully saturated rings. The highest BCUT2D eigenvalue weighted by Gasteiger charge is 2.24. The van der Waals surface area contributed by atoms with Gasteiger partial charge in [0.15, 0.2) is 0 Å². The third-order valence-corrected chi connectivity index (χ3v) is 3.42. The summed E-state index contributed by atoms with van der Waals surface area (Å²) in [6, 6.07) is 3.90. The van der Waals surface area contributed by atoms with Crippen molar-refractivity contribution in [1.82, 2.24) is 4.98 Å². The summed E-state index contributed by atoms with van der Waals surface area (Å²) in [4.78, 5) is 5.86. The van der Waals surface area contributed by atoms with Gasteiger partial charge in [0.2, 0.25) is 5.95 Å². The lowest BCUT2D eigenvalue weighted by Gasteiger charge is -2.39. The molecule has 0 bridgehead atoms. The average Bonchev–Trinajstić information content (AvgIpc) is 2.22. The molecule has 15 heavy (non-hydrogen) atoms. The number of piperidine rings is 1. The predicted molar refractivity (Wildman–Crippen MR) is 59.4 cm³/mol. The van der Waals surface area contributed by atoms with Gasteiger partial charge in [-0.3, -0.25) is 0 Å². The molecule has 0 spiro atoms. The highest BCUT2D eigenvalue weighted by molar-refractivity contribution is 5.46. The quantitative estimate of drug-likeness (QED) is 0.660. The van der Waals surface area contributed by atoms with Crippen molar-refractivity contribution in [2.75, 3.05) is 11.4 Å². The van der Waals surface area contributed by atoms with Crippen molar-refractivity contribution < 1.29 is 4.39 Å². The minimum absolute atomic E-state index is 0.391. The normalized spacial score (nSPS) is 26.7. The van der Waals surface area contributed by atoms with E-state index in [9.17, 15) is 4.39 Å². The number of hydrogen-bond acceptors (Lipinski definition) is 2. The number of rotatable bonds is 1. The molecule has 2 nitrogen and oxygen atoms in total. The van der Waals surface area contributed by atoms with Gasteiger partial charge in [-0.25, -0.2) is 4.98 Å². The average molecular weight is 208 g/mol. The fourth-order valence-corrected chi connectivity index (χ4v) is 2.27. The van der Waals surface area contributed by atoms with Crippen molar-refractivity contribution in [3.63, 3.8) is 0 Å². The summed E-state index contributed by atoms with van der Waals surface area (Å²) >= 11 is 0. The third-order valence-electron chi connectivity index (χ3n) is 3.42. The summed E-state index contributed by atoms with van der Waals surface area (Å²) < 4.78 is 13.0. The second-order valence-corrected chi connectivity index (χ2v) is 4.39. The highest BCUT2D eigenvalue weighted by Crippen LogP contribution is 2.28. The molecule has 1 saturated heterocycles. The fraction of sp³-hybridized carbons (Fsp3) is 0.583. The van der Waals surface area contributed by atoms with E-state index in [1.165, 1.54) is 25.1 Å². The van der Waals surface area contributed by atoms with Crippen molar-refractivity contribution >= 4 is 5.69 Å². The zero-order valence-electron chi connectivity index (χ0n) is 9.28. The van der Waals surface area contributed by atoms with Crippen LogP contribution in [0.3, 0.4) is 0 Å². The molecule has 1 aromatic heterocycles. The van der Waals surface area contributed by atoms with Crippen LogP contribution in [0.1, 0.15) is 26.7 Å². The summed E-state index contributed by atoms with van der Waals surface area (Å²) in [7, 11) is 0. The van der Waals surface area contributed by atoms with Gasteiger partial charge in [0.1, 0.15) is 0 Å². The molecule has 0 saturated carbocycles. The second-order valence-electron chi connectivity index (χ2n) is 4.39. The van der Waals surface area contributed by atoms with Gasteiger partial charge in [0.05, 0.1) is 0 Å². The van der Waals surface area contributed by atoms with E-state index < -0.39 is 5.95 Å². The maximum absolute atomic E-state index is 13.0. The van der Waals surface area contributed by atoms with Crippen LogP contribution in [0.25, 0.3) is 0 Å². The van der Waals surface area contributed by atoms with E-state index >= 15 is 0 Å². The third kappa shape index (κ3) is 2.11. The molecule has 1 aliphatic rings. The monoisotopic (exact) mass is 208 g/mol. The van der Waals surface area contributed by atoms with Crippen LogP contribution >= 0.6 is 0 Å². The smallest absolute Gasteiger partial charge is 0.214 e. The molecule has 0 aliphatic carbocycles. The van der Waals surface area contributed by atoms with Crippen LogP contribution in [0, 0.1) is 11.9 Å². The van der Waals surface area contributed by atoms with E-state index in [4.69, 9.17) is 0 Å². The van der Waals surface area contributed by atoms with Gasteiger partial charge in [-0.1, -0.05) is 6.92 Å². The lowest BCUT2D eigenvalue weighted by atomic mass is 9.92. The van der Waals surface area contributed by atoms with E-state index in [2.05, 4.69) is 23.7 Å². The van der Waals surface area contributed by atoms with Crippen LogP contribution < -0.4 is 4.90 Å². The zero-order chi connectivity index (χ0) is 10.8. The van der Waals surface area contributed by atoms with Crippen molar-refractivity contribution in [3.05, 3.63) is 24.3 Å². The Morgan fingerprint density at radius 2 is 2.27 bits per heavy atom. The maximum Gasteiger partial charge on any atom is 0.214 e. The number of anilines is 1. The minimum Gasteiger partial charge on any atom is -0.368 e. The highest BCUT2D eigenvalue weighted by atomic mass is 19.1. The lowest BCUT2D eigenvalue weighted by Crippen LogP contribution is -2.42. The summed E-state index contributed by atoms with van der Waals surface area (Å²) in [5.74, 6) is 0.285. The lowest BCUT2D eigenvalue weighted by molar-refractivity contribution is 0.363. The van der Waals surface area contributed by atoms with E-state index in [0.717, 1.165) is 12.2 Å². The van der Waals surface area contributed by atoms with E-state index in [-0.39, 0.29) is 0 Å². The van der Waals surface area contributed by atoms with E-state index in [0.29, 0.717) is 12.0 Å². The molecule has 0 aromatic carbocycles. The topological polar surface area (TPSA) is 16.1 Å². The van der Waals surface area contributed by atoms with Crippen molar-refractivity contribution in [2.45, 2.75) is 32.7 Å². The van der Waals surface area contributed by atoms with Gasteiger partial charge in [0, 0.05) is 30.5 Å². The summed E-state index contributed by atoms with van der Waals surface area (Å²) in [5, 5.41) is 0. The number of aromatic nitrogens is 1. The molecule has 1 aliphatic heterocycles. The van der Waals surface area contributed by atoms with Crippen LogP contribution in [0.15, 0.2) is 18.3 Å². The van der Waals surface area contributed by atoms with Crippen LogP contribution in [0.5, 0.6) is 0 Å². The predicted octanol–water partition coefficient (Wildman–Crippen LogP) is 2.85. The number of hydrogen-bond donors (Lipinski definition) is 0. The molecular weight excluding hydrogens is 191 g/mol. The standard InChI is InChI=1S/C12H17FN2/c1-9-4-3-7-15(10(9)2)11-5-6-14-12(13)8-11/h5-6,8-10H,3-4,7H2,1-2H3. The fourth-order valence-electron chi connectivity index (χ4n) is 2.27. The molecule has 2 unspecified atom stereocenters. The number of pyridine rings is 1. The molecule has 1 aromatic rings.